The van der Waals surface area contributed by atoms with Gasteiger partial charge in [-0.1, -0.05) is 0 Å². The maximum absolute atomic E-state index is 10.8. The highest BCUT2D eigenvalue weighted by Gasteiger charge is 2.09. The summed E-state index contributed by atoms with van der Waals surface area (Å²) in [4.78, 5) is 21.4. The third-order valence-corrected chi connectivity index (χ3v) is 1.95. The van der Waals surface area contributed by atoms with E-state index in [9.17, 15) is 14.2 Å². The summed E-state index contributed by atoms with van der Waals surface area (Å²) in [5, 5.41) is 0.577. The number of ether oxygens (including phenoxy) is 1. The summed E-state index contributed by atoms with van der Waals surface area (Å²) in [5.74, 6) is -1.30. The van der Waals surface area contributed by atoms with Crippen molar-refractivity contribution in [2.75, 3.05) is 0 Å². The van der Waals surface area contributed by atoms with Gasteiger partial charge in [0.15, 0.2) is 8.46 Å². The van der Waals surface area contributed by atoms with Gasteiger partial charge in [-0.2, -0.15) is 0 Å². The minimum atomic E-state index is -0.905. The number of esters is 1. The number of benzene rings is 1. The fourth-order valence-electron chi connectivity index (χ4n) is 0.754. The van der Waals surface area contributed by atoms with Crippen molar-refractivity contribution in [1.82, 2.24) is 0 Å². The van der Waals surface area contributed by atoms with E-state index in [1.54, 1.807) is 0 Å². The maximum Gasteiger partial charge on any atom is 0.379 e. The highest BCUT2D eigenvalue weighted by atomic mass is 31.1. The normalized spacial score (nSPS) is 9.79. The average molecular weight is 210 g/mol. The van der Waals surface area contributed by atoms with Crippen LogP contribution >= 0.6 is 8.46 Å². The van der Waals surface area contributed by atoms with E-state index in [-0.39, 0.29) is 14.2 Å². The first-order chi connectivity index (χ1) is 6.63. The maximum atomic E-state index is 10.8. The highest BCUT2D eigenvalue weighted by molar-refractivity contribution is 7.34. The van der Waals surface area contributed by atoms with Gasteiger partial charge in [-0.25, -0.2) is 4.79 Å². The summed E-state index contributed by atoms with van der Waals surface area (Å²) in [6, 6.07) is 6.02. The number of hydrogen-bond acceptors (Lipinski definition) is 4. The Morgan fingerprint density at radius 1 is 1.21 bits per heavy atom. The lowest BCUT2D eigenvalue weighted by Gasteiger charge is -2.00. The second-order valence-corrected chi connectivity index (χ2v) is 3.23. The lowest BCUT2D eigenvalue weighted by molar-refractivity contribution is -0.146. The van der Waals surface area contributed by atoms with Crippen molar-refractivity contribution in [2.45, 2.75) is 6.92 Å². The van der Waals surface area contributed by atoms with Gasteiger partial charge in [0.1, 0.15) is 5.75 Å². The van der Waals surface area contributed by atoms with Crippen molar-refractivity contribution < 1.29 is 18.9 Å². The zero-order chi connectivity index (χ0) is 10.6. The van der Waals surface area contributed by atoms with Crippen LogP contribution < -0.4 is 10.0 Å². The molecule has 0 radical (unpaired) electrons. The molecule has 0 fully saturated rings. The zero-order valence-electron chi connectivity index (χ0n) is 7.39. The summed E-state index contributed by atoms with van der Waals surface area (Å²) in [7, 11) is -0.0973. The van der Waals surface area contributed by atoms with E-state index < -0.39 is 11.8 Å². The van der Waals surface area contributed by atoms with Crippen molar-refractivity contribution >= 4 is 25.5 Å². The molecule has 0 aliphatic heterocycles. The zero-order valence-corrected chi connectivity index (χ0v) is 8.28. The molecule has 1 aromatic carbocycles. The number of rotatable bonds is 3. The molecule has 0 heterocycles. The smallest absolute Gasteiger partial charge is 0.379 e. The number of ketones is 1. The van der Waals surface area contributed by atoms with Crippen LogP contribution in [0.3, 0.4) is 0 Å². The quantitative estimate of drug-likeness (QED) is 0.324. The molecule has 0 saturated heterocycles. The lowest BCUT2D eigenvalue weighted by Crippen LogP contribution is -2.16. The third-order valence-electron chi connectivity index (χ3n) is 1.44. The van der Waals surface area contributed by atoms with E-state index >= 15 is 0 Å². The molecule has 0 bridgehead atoms. The molecular weight excluding hydrogens is 203 g/mol. The third kappa shape index (κ3) is 2.75. The Bertz CT molecular complexity index is 369. The molecule has 0 unspecified atom stereocenters. The summed E-state index contributed by atoms with van der Waals surface area (Å²) < 4.78 is 15.1. The molecule has 1 aromatic rings. The Kier molecular flexibility index (Phi) is 3.48. The molecule has 0 aromatic heterocycles. The van der Waals surface area contributed by atoms with Crippen LogP contribution in [-0.4, -0.2) is 11.8 Å². The van der Waals surface area contributed by atoms with Gasteiger partial charge in [-0.05, 0) is 24.3 Å². The number of Topliss-reactive ketones (excluding diaryl/α,β-unsaturated/α-hetero) is 1. The van der Waals surface area contributed by atoms with Gasteiger partial charge < -0.3 is 4.74 Å². The second kappa shape index (κ2) is 4.63. The lowest BCUT2D eigenvalue weighted by atomic mass is 10.3. The standard InChI is InChI=1S/C9H7O4P/c1-6(10)9(11)13-7-2-4-8(14-12)5-3-7/h2-5H,1H3. The van der Waals surface area contributed by atoms with Gasteiger partial charge in [0.25, 0.3) is 0 Å². The molecule has 0 amide bonds. The molecule has 0 saturated carbocycles. The van der Waals surface area contributed by atoms with Crippen molar-refractivity contribution in [3.05, 3.63) is 24.3 Å². The van der Waals surface area contributed by atoms with E-state index in [0.717, 1.165) is 6.92 Å². The second-order valence-electron chi connectivity index (χ2n) is 2.53. The van der Waals surface area contributed by atoms with Gasteiger partial charge in [-0.3, -0.25) is 9.36 Å². The molecule has 0 N–H and O–H groups in total. The SMILES string of the molecule is CC(=O)C(=O)Oc1ccc(P=O)cc1. The van der Waals surface area contributed by atoms with Crippen LogP contribution in [0.2, 0.25) is 0 Å². The van der Waals surface area contributed by atoms with Gasteiger partial charge in [0.2, 0.25) is 5.78 Å². The molecule has 0 aliphatic carbocycles. The van der Waals surface area contributed by atoms with Crippen molar-refractivity contribution in [2.24, 2.45) is 0 Å². The first-order valence-corrected chi connectivity index (χ1v) is 4.61. The predicted octanol–water partition coefficient (Wildman–Crippen LogP) is 1.10. The first kappa shape index (κ1) is 10.5. The van der Waals surface area contributed by atoms with Crippen LogP contribution in [0.1, 0.15) is 6.92 Å². The predicted molar refractivity (Wildman–Crippen MR) is 50.0 cm³/mol. The molecule has 1 rings (SSSR count). The largest absolute Gasteiger partial charge is 0.421 e. The minimum Gasteiger partial charge on any atom is -0.421 e. The number of carbonyl (C=O) groups is 2. The fourth-order valence-corrected chi connectivity index (χ4v) is 1.02. The topological polar surface area (TPSA) is 60.4 Å². The minimum absolute atomic E-state index is 0.0973. The van der Waals surface area contributed by atoms with Crippen LogP contribution in [0.4, 0.5) is 0 Å². The van der Waals surface area contributed by atoms with Crippen molar-refractivity contribution in [3.8, 4) is 5.75 Å². The van der Waals surface area contributed by atoms with E-state index in [0.29, 0.717) is 5.30 Å². The Labute approximate surface area is 82.1 Å². The van der Waals surface area contributed by atoms with Gasteiger partial charge in [0.05, 0.1) is 0 Å². The van der Waals surface area contributed by atoms with Crippen LogP contribution in [0.5, 0.6) is 5.75 Å². The summed E-state index contributed by atoms with van der Waals surface area (Å²) in [5.41, 5.74) is 0. The number of carbonyl (C=O) groups excluding carboxylic acids is 2. The van der Waals surface area contributed by atoms with E-state index in [2.05, 4.69) is 4.74 Å². The van der Waals surface area contributed by atoms with Crippen molar-refractivity contribution in [1.29, 1.82) is 0 Å². The van der Waals surface area contributed by atoms with Gasteiger partial charge in [-0.15, -0.1) is 0 Å². The van der Waals surface area contributed by atoms with Crippen LogP contribution in [0.15, 0.2) is 24.3 Å². The van der Waals surface area contributed by atoms with Gasteiger partial charge in [0, 0.05) is 12.2 Å². The Hall–Kier alpha value is -1.54. The monoisotopic (exact) mass is 210 g/mol. The molecule has 0 spiro atoms. The summed E-state index contributed by atoms with van der Waals surface area (Å²) in [6.07, 6.45) is 0. The molecule has 4 nitrogen and oxygen atoms in total. The van der Waals surface area contributed by atoms with Gasteiger partial charge >= 0.3 is 5.97 Å². The Morgan fingerprint density at radius 3 is 2.21 bits per heavy atom. The first-order valence-electron chi connectivity index (χ1n) is 3.79. The average Bonchev–Trinajstić information content (AvgIpc) is 2.19. The van der Waals surface area contributed by atoms with Crippen LogP contribution in [0, 0.1) is 0 Å². The van der Waals surface area contributed by atoms with E-state index in [1.165, 1.54) is 24.3 Å². The molecular formula is C9H7O4P. The fraction of sp³-hybridized carbons (Fsp3) is 0.111. The molecule has 14 heavy (non-hydrogen) atoms. The molecule has 5 heteroatoms. The molecule has 72 valence electrons. The highest BCUT2D eigenvalue weighted by Crippen LogP contribution is 2.09. The molecule has 0 aliphatic rings. The summed E-state index contributed by atoms with van der Waals surface area (Å²) >= 11 is 0. The number of hydrogen-bond donors (Lipinski definition) is 0. The van der Waals surface area contributed by atoms with Crippen LogP contribution in [0.25, 0.3) is 0 Å². The Morgan fingerprint density at radius 2 is 1.79 bits per heavy atom. The Balaban J connectivity index is 2.73. The van der Waals surface area contributed by atoms with Crippen molar-refractivity contribution in [3.63, 3.8) is 0 Å². The van der Waals surface area contributed by atoms with E-state index in [4.69, 9.17) is 0 Å². The summed E-state index contributed by atoms with van der Waals surface area (Å²) in [6.45, 7) is 1.13. The molecule has 0 atom stereocenters. The van der Waals surface area contributed by atoms with Crippen LogP contribution in [-0.2, 0) is 14.2 Å². The van der Waals surface area contributed by atoms with E-state index in [1.807, 2.05) is 0 Å².